The van der Waals surface area contributed by atoms with E-state index in [0.29, 0.717) is 5.82 Å². The van der Waals surface area contributed by atoms with Crippen molar-refractivity contribution in [3.63, 3.8) is 0 Å². The number of aromatic nitrogens is 3. The van der Waals surface area contributed by atoms with E-state index in [1.165, 1.54) is 12.1 Å². The summed E-state index contributed by atoms with van der Waals surface area (Å²) in [5, 5.41) is 6.77. The molecule has 1 N–H and O–H groups in total. The predicted molar refractivity (Wildman–Crippen MR) is 51.3 cm³/mol. The fourth-order valence-electron chi connectivity index (χ4n) is 1.34. The lowest BCUT2D eigenvalue weighted by atomic mass is 10.1. The number of benzene rings is 1. The van der Waals surface area contributed by atoms with Crippen molar-refractivity contribution in [3.05, 3.63) is 35.4 Å². The fraction of sp³-hybridized carbons (Fsp3) is 0.200. The summed E-state index contributed by atoms with van der Waals surface area (Å²) >= 11 is 0. The number of H-pyrrole nitrogens is 1. The van der Waals surface area contributed by atoms with Gasteiger partial charge in [-0.3, -0.25) is 5.10 Å². The van der Waals surface area contributed by atoms with Crippen molar-refractivity contribution >= 4 is 0 Å². The van der Waals surface area contributed by atoms with E-state index in [4.69, 9.17) is 0 Å². The maximum atomic E-state index is 12.8. The summed E-state index contributed by atoms with van der Waals surface area (Å²) in [4.78, 5) is 4.18. The SMILES string of the molecule is Cc1nc(-c2ccc(F)cc2C)n[nH]1. The number of nitrogens with zero attached hydrogens (tertiary/aromatic N) is 2. The molecule has 0 aliphatic heterocycles. The van der Waals surface area contributed by atoms with Gasteiger partial charge in [0.1, 0.15) is 11.6 Å². The molecule has 0 unspecified atom stereocenters. The second-order valence-electron chi connectivity index (χ2n) is 3.20. The topological polar surface area (TPSA) is 41.6 Å². The number of halogens is 1. The van der Waals surface area contributed by atoms with Crippen molar-refractivity contribution in [2.45, 2.75) is 13.8 Å². The molecule has 0 saturated carbocycles. The van der Waals surface area contributed by atoms with Crippen LogP contribution in [0.5, 0.6) is 0 Å². The molecule has 14 heavy (non-hydrogen) atoms. The molecule has 0 radical (unpaired) electrons. The summed E-state index contributed by atoms with van der Waals surface area (Å²) in [5.74, 6) is 1.13. The number of aromatic amines is 1. The van der Waals surface area contributed by atoms with E-state index in [1.807, 2.05) is 13.8 Å². The summed E-state index contributed by atoms with van der Waals surface area (Å²) in [6.07, 6.45) is 0. The summed E-state index contributed by atoms with van der Waals surface area (Å²) in [7, 11) is 0. The minimum Gasteiger partial charge on any atom is -0.263 e. The first kappa shape index (κ1) is 8.87. The Morgan fingerprint density at radius 3 is 2.64 bits per heavy atom. The summed E-state index contributed by atoms with van der Waals surface area (Å²) < 4.78 is 12.8. The molecule has 0 fully saturated rings. The van der Waals surface area contributed by atoms with Gasteiger partial charge < -0.3 is 0 Å². The first-order valence-corrected chi connectivity index (χ1v) is 4.32. The first-order chi connectivity index (χ1) is 6.66. The van der Waals surface area contributed by atoms with Crippen molar-refractivity contribution in [3.8, 4) is 11.4 Å². The Morgan fingerprint density at radius 1 is 1.29 bits per heavy atom. The predicted octanol–water partition coefficient (Wildman–Crippen LogP) is 2.23. The van der Waals surface area contributed by atoms with Crippen LogP contribution in [0.25, 0.3) is 11.4 Å². The van der Waals surface area contributed by atoms with Crippen molar-refractivity contribution in [2.24, 2.45) is 0 Å². The van der Waals surface area contributed by atoms with Crippen LogP contribution in [0.3, 0.4) is 0 Å². The molecule has 0 spiro atoms. The van der Waals surface area contributed by atoms with Crippen molar-refractivity contribution in [1.82, 2.24) is 15.2 Å². The maximum Gasteiger partial charge on any atom is 0.181 e. The molecule has 3 nitrogen and oxygen atoms in total. The number of rotatable bonds is 1. The van der Waals surface area contributed by atoms with Gasteiger partial charge in [0, 0.05) is 5.56 Å². The van der Waals surface area contributed by atoms with Crippen LogP contribution in [0.1, 0.15) is 11.4 Å². The lowest BCUT2D eigenvalue weighted by molar-refractivity contribution is 0.627. The Kier molecular flexibility index (Phi) is 2.04. The van der Waals surface area contributed by atoms with Gasteiger partial charge in [-0.25, -0.2) is 9.37 Å². The van der Waals surface area contributed by atoms with Gasteiger partial charge in [-0.15, -0.1) is 0 Å². The Labute approximate surface area is 81.0 Å². The standard InChI is InChI=1S/C10H10FN3/c1-6-5-8(11)3-4-9(6)10-12-7(2)13-14-10/h3-5H,1-2H3,(H,12,13,14). The van der Waals surface area contributed by atoms with Gasteiger partial charge in [-0.1, -0.05) is 0 Å². The van der Waals surface area contributed by atoms with Gasteiger partial charge in [0.15, 0.2) is 5.82 Å². The molecular formula is C10H10FN3. The van der Waals surface area contributed by atoms with Gasteiger partial charge in [0.05, 0.1) is 0 Å². The van der Waals surface area contributed by atoms with E-state index in [9.17, 15) is 4.39 Å². The number of aryl methyl sites for hydroxylation is 2. The molecule has 2 rings (SSSR count). The van der Waals surface area contributed by atoms with Crippen LogP contribution in [-0.4, -0.2) is 15.2 Å². The molecule has 4 heteroatoms. The van der Waals surface area contributed by atoms with Crippen LogP contribution in [0, 0.1) is 19.7 Å². The Balaban J connectivity index is 2.52. The van der Waals surface area contributed by atoms with Crippen LogP contribution in [0.2, 0.25) is 0 Å². The Morgan fingerprint density at radius 2 is 2.07 bits per heavy atom. The number of nitrogens with one attached hydrogen (secondary N) is 1. The van der Waals surface area contributed by atoms with E-state index in [0.717, 1.165) is 17.0 Å². The molecule has 72 valence electrons. The molecule has 0 atom stereocenters. The van der Waals surface area contributed by atoms with E-state index in [2.05, 4.69) is 15.2 Å². The van der Waals surface area contributed by atoms with Crippen LogP contribution < -0.4 is 0 Å². The number of hydrogen-bond donors (Lipinski definition) is 1. The highest BCUT2D eigenvalue weighted by Gasteiger charge is 2.07. The molecule has 0 saturated heterocycles. The third kappa shape index (κ3) is 1.51. The van der Waals surface area contributed by atoms with Gasteiger partial charge in [0.25, 0.3) is 0 Å². The molecule has 1 aromatic heterocycles. The zero-order chi connectivity index (χ0) is 10.1. The van der Waals surface area contributed by atoms with E-state index in [1.54, 1.807) is 6.07 Å². The van der Waals surface area contributed by atoms with E-state index >= 15 is 0 Å². The minimum absolute atomic E-state index is 0.237. The lowest BCUT2D eigenvalue weighted by Gasteiger charge is -2.00. The second-order valence-corrected chi connectivity index (χ2v) is 3.20. The van der Waals surface area contributed by atoms with Crippen molar-refractivity contribution in [1.29, 1.82) is 0 Å². The molecule has 0 aliphatic carbocycles. The van der Waals surface area contributed by atoms with E-state index < -0.39 is 0 Å². The number of hydrogen-bond acceptors (Lipinski definition) is 2. The average molecular weight is 191 g/mol. The van der Waals surface area contributed by atoms with Crippen LogP contribution in [-0.2, 0) is 0 Å². The van der Waals surface area contributed by atoms with Gasteiger partial charge in [-0.2, -0.15) is 5.10 Å². The third-order valence-electron chi connectivity index (χ3n) is 2.03. The molecule has 0 bridgehead atoms. The molecule has 2 aromatic rings. The normalized spacial score (nSPS) is 10.5. The summed E-state index contributed by atoms with van der Waals surface area (Å²) in [6.45, 7) is 3.67. The quantitative estimate of drug-likeness (QED) is 0.750. The first-order valence-electron chi connectivity index (χ1n) is 4.32. The molecule has 1 heterocycles. The summed E-state index contributed by atoms with van der Waals surface area (Å²) in [5.41, 5.74) is 1.69. The van der Waals surface area contributed by atoms with Crippen LogP contribution in [0.15, 0.2) is 18.2 Å². The highest BCUT2D eigenvalue weighted by Crippen LogP contribution is 2.19. The van der Waals surface area contributed by atoms with Gasteiger partial charge in [0.2, 0.25) is 0 Å². The van der Waals surface area contributed by atoms with Crippen LogP contribution in [0.4, 0.5) is 4.39 Å². The largest absolute Gasteiger partial charge is 0.263 e. The highest BCUT2D eigenvalue weighted by atomic mass is 19.1. The lowest BCUT2D eigenvalue weighted by Crippen LogP contribution is -1.87. The molecule has 0 aliphatic rings. The molecule has 1 aromatic carbocycles. The Bertz CT molecular complexity index is 462. The molecular weight excluding hydrogens is 181 g/mol. The van der Waals surface area contributed by atoms with Crippen molar-refractivity contribution in [2.75, 3.05) is 0 Å². The summed E-state index contributed by atoms with van der Waals surface area (Å²) in [6, 6.07) is 4.57. The monoisotopic (exact) mass is 191 g/mol. The zero-order valence-electron chi connectivity index (χ0n) is 8.00. The highest BCUT2D eigenvalue weighted by molar-refractivity contribution is 5.59. The van der Waals surface area contributed by atoms with Crippen molar-refractivity contribution < 1.29 is 4.39 Å². The minimum atomic E-state index is -0.237. The third-order valence-corrected chi connectivity index (χ3v) is 2.03. The van der Waals surface area contributed by atoms with E-state index in [-0.39, 0.29) is 5.82 Å². The average Bonchev–Trinajstić information content (AvgIpc) is 2.51. The van der Waals surface area contributed by atoms with Gasteiger partial charge >= 0.3 is 0 Å². The molecule has 0 amide bonds. The zero-order valence-corrected chi connectivity index (χ0v) is 8.00. The Hall–Kier alpha value is -1.71. The fourth-order valence-corrected chi connectivity index (χ4v) is 1.34. The second kappa shape index (κ2) is 3.21. The maximum absolute atomic E-state index is 12.8. The van der Waals surface area contributed by atoms with Gasteiger partial charge in [-0.05, 0) is 37.6 Å². The smallest absolute Gasteiger partial charge is 0.181 e. The van der Waals surface area contributed by atoms with Crippen LogP contribution >= 0.6 is 0 Å².